The van der Waals surface area contributed by atoms with E-state index in [0.717, 1.165) is 18.9 Å². The first-order chi connectivity index (χ1) is 9.83. The Morgan fingerprint density at radius 3 is 2.65 bits per heavy atom. The van der Waals surface area contributed by atoms with Gasteiger partial charge in [0.15, 0.2) is 0 Å². The fourth-order valence-corrected chi connectivity index (χ4v) is 3.29. The molecule has 1 aliphatic heterocycles. The Bertz CT molecular complexity index is 383. The summed E-state index contributed by atoms with van der Waals surface area (Å²) < 4.78 is 0. The molecule has 2 rings (SSSR count). The SMILES string of the molecule is CCCN(Cc1ccccc1CC)CC1CCCNC1. The van der Waals surface area contributed by atoms with Crippen LogP contribution in [0.4, 0.5) is 0 Å². The topological polar surface area (TPSA) is 15.3 Å². The molecule has 1 unspecified atom stereocenters. The van der Waals surface area contributed by atoms with Gasteiger partial charge < -0.3 is 5.32 Å². The van der Waals surface area contributed by atoms with Crippen LogP contribution >= 0.6 is 0 Å². The molecular weight excluding hydrogens is 244 g/mol. The van der Waals surface area contributed by atoms with Crippen molar-refractivity contribution in [2.24, 2.45) is 5.92 Å². The fourth-order valence-electron chi connectivity index (χ4n) is 3.29. The van der Waals surface area contributed by atoms with Gasteiger partial charge >= 0.3 is 0 Å². The fraction of sp³-hybridized carbons (Fsp3) is 0.667. The lowest BCUT2D eigenvalue weighted by Crippen LogP contribution is -2.38. The summed E-state index contributed by atoms with van der Waals surface area (Å²) in [6, 6.07) is 8.93. The minimum Gasteiger partial charge on any atom is -0.316 e. The van der Waals surface area contributed by atoms with Crippen LogP contribution in [0, 0.1) is 5.92 Å². The van der Waals surface area contributed by atoms with Crippen LogP contribution in [-0.2, 0) is 13.0 Å². The van der Waals surface area contributed by atoms with E-state index >= 15 is 0 Å². The van der Waals surface area contributed by atoms with Gasteiger partial charge in [0.25, 0.3) is 0 Å². The molecule has 0 saturated carbocycles. The average Bonchev–Trinajstić information content (AvgIpc) is 2.49. The van der Waals surface area contributed by atoms with Crippen molar-refractivity contribution >= 4 is 0 Å². The number of piperidine rings is 1. The first-order valence-electron chi connectivity index (χ1n) is 8.33. The predicted octanol–water partition coefficient (Wildman–Crippen LogP) is 3.46. The summed E-state index contributed by atoms with van der Waals surface area (Å²) in [5.41, 5.74) is 3.03. The first-order valence-corrected chi connectivity index (χ1v) is 8.33. The first kappa shape index (κ1) is 15.5. The van der Waals surface area contributed by atoms with Crippen molar-refractivity contribution in [3.63, 3.8) is 0 Å². The standard InChI is InChI=1S/C18H30N2/c1-3-12-20(14-16-8-7-11-19-13-16)15-18-10-6-5-9-17(18)4-2/h5-6,9-10,16,19H,3-4,7-8,11-15H2,1-2H3. The van der Waals surface area contributed by atoms with Crippen LogP contribution in [0.2, 0.25) is 0 Å². The number of hydrogen-bond acceptors (Lipinski definition) is 2. The molecule has 0 bridgehead atoms. The van der Waals surface area contributed by atoms with Gasteiger partial charge in [0.1, 0.15) is 0 Å². The van der Waals surface area contributed by atoms with E-state index in [1.54, 1.807) is 0 Å². The van der Waals surface area contributed by atoms with Crippen molar-refractivity contribution in [2.45, 2.75) is 46.1 Å². The second-order valence-corrected chi connectivity index (χ2v) is 6.07. The van der Waals surface area contributed by atoms with E-state index < -0.39 is 0 Å². The smallest absolute Gasteiger partial charge is 0.0236 e. The highest BCUT2D eigenvalue weighted by molar-refractivity contribution is 5.26. The average molecular weight is 274 g/mol. The lowest BCUT2D eigenvalue weighted by molar-refractivity contribution is 0.201. The molecule has 0 aromatic heterocycles. The van der Waals surface area contributed by atoms with Gasteiger partial charge in [0, 0.05) is 13.1 Å². The second-order valence-electron chi connectivity index (χ2n) is 6.07. The van der Waals surface area contributed by atoms with E-state index in [1.165, 1.54) is 56.6 Å². The van der Waals surface area contributed by atoms with Crippen molar-refractivity contribution < 1.29 is 0 Å². The minimum absolute atomic E-state index is 0.837. The molecule has 1 N–H and O–H groups in total. The van der Waals surface area contributed by atoms with Crippen molar-refractivity contribution in [1.29, 1.82) is 0 Å². The summed E-state index contributed by atoms with van der Waals surface area (Å²) >= 11 is 0. The van der Waals surface area contributed by atoms with Crippen molar-refractivity contribution in [1.82, 2.24) is 10.2 Å². The van der Waals surface area contributed by atoms with E-state index in [1.807, 2.05) is 0 Å². The molecule has 2 heteroatoms. The molecule has 1 saturated heterocycles. The van der Waals surface area contributed by atoms with Gasteiger partial charge in [-0.2, -0.15) is 0 Å². The van der Waals surface area contributed by atoms with E-state index in [4.69, 9.17) is 0 Å². The molecule has 1 heterocycles. The number of nitrogens with one attached hydrogen (secondary N) is 1. The third-order valence-electron chi connectivity index (χ3n) is 4.35. The van der Waals surface area contributed by atoms with Gasteiger partial charge in [0.05, 0.1) is 0 Å². The molecule has 0 spiro atoms. The van der Waals surface area contributed by atoms with Crippen molar-refractivity contribution in [2.75, 3.05) is 26.2 Å². The molecule has 0 radical (unpaired) electrons. The summed E-state index contributed by atoms with van der Waals surface area (Å²) in [6.07, 6.45) is 5.12. The number of hydrogen-bond donors (Lipinski definition) is 1. The number of aryl methyl sites for hydroxylation is 1. The van der Waals surface area contributed by atoms with E-state index in [9.17, 15) is 0 Å². The van der Waals surface area contributed by atoms with Gasteiger partial charge in [-0.05, 0) is 62.4 Å². The Morgan fingerprint density at radius 1 is 1.20 bits per heavy atom. The van der Waals surface area contributed by atoms with Crippen molar-refractivity contribution in [3.8, 4) is 0 Å². The van der Waals surface area contributed by atoms with Crippen LogP contribution in [0.1, 0.15) is 44.2 Å². The summed E-state index contributed by atoms with van der Waals surface area (Å²) in [5, 5.41) is 3.54. The van der Waals surface area contributed by atoms with Crippen LogP contribution in [0.3, 0.4) is 0 Å². The zero-order valence-electron chi connectivity index (χ0n) is 13.2. The second kappa shape index (κ2) is 8.43. The van der Waals surface area contributed by atoms with E-state index in [0.29, 0.717) is 0 Å². The summed E-state index contributed by atoms with van der Waals surface area (Å²) in [7, 11) is 0. The molecule has 20 heavy (non-hydrogen) atoms. The minimum atomic E-state index is 0.837. The van der Waals surface area contributed by atoms with Gasteiger partial charge in [-0.3, -0.25) is 4.90 Å². The molecular formula is C18H30N2. The van der Waals surface area contributed by atoms with Crippen LogP contribution in [-0.4, -0.2) is 31.1 Å². The number of rotatable bonds is 7. The summed E-state index contributed by atoms with van der Waals surface area (Å²) in [4.78, 5) is 2.66. The Kier molecular flexibility index (Phi) is 6.55. The highest BCUT2D eigenvalue weighted by Crippen LogP contribution is 2.17. The van der Waals surface area contributed by atoms with Gasteiger partial charge in [-0.25, -0.2) is 0 Å². The molecule has 112 valence electrons. The van der Waals surface area contributed by atoms with Crippen LogP contribution in [0.25, 0.3) is 0 Å². The Hall–Kier alpha value is -0.860. The predicted molar refractivity (Wildman–Crippen MR) is 87.0 cm³/mol. The summed E-state index contributed by atoms with van der Waals surface area (Å²) in [5.74, 6) is 0.837. The largest absolute Gasteiger partial charge is 0.316 e. The highest BCUT2D eigenvalue weighted by Gasteiger charge is 2.17. The maximum absolute atomic E-state index is 3.54. The molecule has 1 aliphatic rings. The maximum atomic E-state index is 3.54. The van der Waals surface area contributed by atoms with Gasteiger partial charge in [-0.15, -0.1) is 0 Å². The van der Waals surface area contributed by atoms with Crippen LogP contribution < -0.4 is 5.32 Å². The van der Waals surface area contributed by atoms with E-state index in [-0.39, 0.29) is 0 Å². The zero-order valence-corrected chi connectivity index (χ0v) is 13.2. The van der Waals surface area contributed by atoms with Crippen LogP contribution in [0.5, 0.6) is 0 Å². The third kappa shape index (κ3) is 4.60. The number of benzene rings is 1. The van der Waals surface area contributed by atoms with Gasteiger partial charge in [0.2, 0.25) is 0 Å². The Balaban J connectivity index is 1.96. The zero-order chi connectivity index (χ0) is 14.2. The Labute approximate surface area is 124 Å². The highest BCUT2D eigenvalue weighted by atomic mass is 15.1. The summed E-state index contributed by atoms with van der Waals surface area (Å²) in [6.45, 7) is 10.5. The quantitative estimate of drug-likeness (QED) is 0.819. The molecule has 0 aliphatic carbocycles. The number of nitrogens with zero attached hydrogens (tertiary/aromatic N) is 1. The van der Waals surface area contributed by atoms with Crippen molar-refractivity contribution in [3.05, 3.63) is 35.4 Å². The maximum Gasteiger partial charge on any atom is 0.0236 e. The Morgan fingerprint density at radius 2 is 2.00 bits per heavy atom. The van der Waals surface area contributed by atoms with Gasteiger partial charge in [-0.1, -0.05) is 38.1 Å². The normalized spacial score (nSPS) is 19.4. The molecule has 2 nitrogen and oxygen atoms in total. The lowest BCUT2D eigenvalue weighted by Gasteiger charge is -2.30. The van der Waals surface area contributed by atoms with E-state index in [2.05, 4.69) is 48.3 Å². The third-order valence-corrected chi connectivity index (χ3v) is 4.35. The lowest BCUT2D eigenvalue weighted by atomic mass is 9.98. The molecule has 1 atom stereocenters. The molecule has 1 aromatic carbocycles. The molecule has 1 aromatic rings. The molecule has 0 amide bonds. The molecule has 1 fully saturated rings. The van der Waals surface area contributed by atoms with Crippen LogP contribution in [0.15, 0.2) is 24.3 Å². The monoisotopic (exact) mass is 274 g/mol.